The molecule has 2 rings (SSSR count). The van der Waals surface area contributed by atoms with Gasteiger partial charge in [-0.15, -0.1) is 0 Å². The van der Waals surface area contributed by atoms with Crippen molar-refractivity contribution < 1.29 is 36.1 Å². The van der Waals surface area contributed by atoms with Gasteiger partial charge in [0.2, 0.25) is 0 Å². The van der Waals surface area contributed by atoms with Crippen LogP contribution < -0.4 is 0 Å². The molecule has 0 atom stereocenters. The van der Waals surface area contributed by atoms with E-state index in [1.54, 1.807) is 39.5 Å². The molecular formula is C16H18FeO4+2. The van der Waals surface area contributed by atoms with Crippen LogP contribution in [-0.4, -0.2) is 25.2 Å². The Kier molecular flexibility index (Phi) is 11.7. The van der Waals surface area contributed by atoms with E-state index in [9.17, 15) is 9.59 Å². The summed E-state index contributed by atoms with van der Waals surface area (Å²) in [6, 6.07) is 0. The molecule has 2 aliphatic rings. The fourth-order valence-electron chi connectivity index (χ4n) is 1.45. The second-order valence-corrected chi connectivity index (χ2v) is 3.79. The zero-order chi connectivity index (χ0) is 14.8. The molecule has 5 heteroatoms. The van der Waals surface area contributed by atoms with Gasteiger partial charge in [-0.2, -0.15) is 0 Å². The van der Waals surface area contributed by atoms with Gasteiger partial charge in [-0.1, -0.05) is 0 Å². The average molecular weight is 330 g/mol. The number of ether oxygens (including phenoxy) is 2. The third-order valence-electron chi connectivity index (χ3n) is 2.35. The second kappa shape index (κ2) is 12.0. The molecule has 0 heterocycles. The molecule has 10 radical (unpaired) electrons. The molecule has 0 bridgehead atoms. The standard InChI is InChI=1S/2C8H9O2.Fe/c2*1-2-10-8(9)7-5-3-4-6-7;/h2*3-6H,2H2,1H3;/q;;+2. The van der Waals surface area contributed by atoms with Crippen molar-refractivity contribution in [2.75, 3.05) is 13.2 Å². The molecule has 112 valence electrons. The van der Waals surface area contributed by atoms with Crippen LogP contribution in [0, 0.1) is 63.2 Å². The van der Waals surface area contributed by atoms with Crippen molar-refractivity contribution in [1.29, 1.82) is 0 Å². The number of hydrogen-bond acceptors (Lipinski definition) is 4. The summed E-state index contributed by atoms with van der Waals surface area (Å²) in [5, 5.41) is 0. The molecule has 0 saturated heterocycles. The van der Waals surface area contributed by atoms with Gasteiger partial charge >= 0.3 is 29.0 Å². The maximum absolute atomic E-state index is 10.9. The maximum atomic E-state index is 10.9. The molecule has 0 aromatic carbocycles. The summed E-state index contributed by atoms with van der Waals surface area (Å²) in [5.41, 5.74) is 0. The Morgan fingerprint density at radius 1 is 0.762 bits per heavy atom. The van der Waals surface area contributed by atoms with Gasteiger partial charge in [-0.25, -0.2) is 0 Å². The largest absolute Gasteiger partial charge is 2.00 e. The second-order valence-electron chi connectivity index (χ2n) is 3.79. The predicted octanol–water partition coefficient (Wildman–Crippen LogP) is 1.91. The van der Waals surface area contributed by atoms with Crippen molar-refractivity contribution in [3.05, 3.63) is 63.2 Å². The summed E-state index contributed by atoms with van der Waals surface area (Å²) >= 11 is 0. The van der Waals surface area contributed by atoms with Crippen molar-refractivity contribution in [2.45, 2.75) is 13.8 Å². The van der Waals surface area contributed by atoms with E-state index >= 15 is 0 Å². The van der Waals surface area contributed by atoms with Gasteiger partial charge < -0.3 is 9.47 Å². The van der Waals surface area contributed by atoms with Gasteiger partial charge in [-0.3, -0.25) is 9.59 Å². The van der Waals surface area contributed by atoms with Crippen LogP contribution in [0.15, 0.2) is 0 Å². The minimum atomic E-state index is -0.243. The SMILES string of the molecule is CCOC(=O)[C]1[CH][CH][CH][CH]1.CCOC(=O)[C]1[CH][CH][CH][CH]1.[Fe+2]. The van der Waals surface area contributed by atoms with Crippen LogP contribution in [0.1, 0.15) is 13.8 Å². The Balaban J connectivity index is 0.000000364. The Hall–Kier alpha value is -0.541. The smallest absolute Gasteiger partial charge is 0.466 e. The fraction of sp³-hybridized carbons (Fsp3) is 0.250. The normalized spacial score (nSPS) is 18.4. The summed E-state index contributed by atoms with van der Waals surface area (Å²) in [4.78, 5) is 21.8. The topological polar surface area (TPSA) is 52.6 Å². The zero-order valence-corrected chi connectivity index (χ0v) is 13.1. The van der Waals surface area contributed by atoms with E-state index in [0.717, 1.165) is 0 Å². The molecule has 0 aliphatic heterocycles. The molecule has 0 amide bonds. The van der Waals surface area contributed by atoms with Crippen LogP contribution >= 0.6 is 0 Å². The van der Waals surface area contributed by atoms with E-state index in [-0.39, 0.29) is 29.0 Å². The maximum Gasteiger partial charge on any atom is 2.00 e. The van der Waals surface area contributed by atoms with E-state index < -0.39 is 0 Å². The van der Waals surface area contributed by atoms with Crippen molar-refractivity contribution in [1.82, 2.24) is 0 Å². The van der Waals surface area contributed by atoms with Gasteiger partial charge in [0, 0.05) is 0 Å². The van der Waals surface area contributed by atoms with E-state index in [2.05, 4.69) is 0 Å². The molecular weight excluding hydrogens is 312 g/mol. The monoisotopic (exact) mass is 330 g/mol. The number of hydrogen-bond donors (Lipinski definition) is 0. The molecule has 0 N–H and O–H groups in total. The van der Waals surface area contributed by atoms with Gasteiger partial charge in [0.25, 0.3) is 0 Å². The quantitative estimate of drug-likeness (QED) is 0.584. The van der Waals surface area contributed by atoms with E-state index in [0.29, 0.717) is 25.0 Å². The number of carbonyl (C=O) groups is 2. The summed E-state index contributed by atoms with van der Waals surface area (Å²) in [6.07, 6.45) is 14.2. The number of carbonyl (C=O) groups excluding carboxylic acids is 2. The minimum Gasteiger partial charge on any atom is -0.466 e. The molecule has 0 spiro atoms. The Morgan fingerprint density at radius 2 is 1.05 bits per heavy atom. The van der Waals surface area contributed by atoms with Gasteiger partial charge in [-0.05, 0) is 65.2 Å². The van der Waals surface area contributed by atoms with Crippen LogP contribution in [-0.2, 0) is 36.1 Å². The van der Waals surface area contributed by atoms with Crippen molar-refractivity contribution in [3.63, 3.8) is 0 Å². The van der Waals surface area contributed by atoms with Gasteiger partial charge in [0.1, 0.15) is 0 Å². The van der Waals surface area contributed by atoms with Crippen LogP contribution in [0.2, 0.25) is 0 Å². The van der Waals surface area contributed by atoms with Crippen LogP contribution in [0.3, 0.4) is 0 Å². The van der Waals surface area contributed by atoms with E-state index in [1.807, 2.05) is 25.7 Å². The van der Waals surface area contributed by atoms with Crippen LogP contribution in [0.4, 0.5) is 0 Å². The first-order valence-electron chi connectivity index (χ1n) is 6.46. The first kappa shape index (κ1) is 20.5. The number of rotatable bonds is 4. The predicted molar refractivity (Wildman–Crippen MR) is 74.2 cm³/mol. The van der Waals surface area contributed by atoms with Crippen LogP contribution in [0.5, 0.6) is 0 Å². The molecule has 2 saturated carbocycles. The Labute approximate surface area is 138 Å². The molecule has 2 fully saturated rings. The summed E-state index contributed by atoms with van der Waals surface area (Å²) in [7, 11) is 0. The van der Waals surface area contributed by atoms with E-state index in [4.69, 9.17) is 9.47 Å². The average Bonchev–Trinajstić information content (AvgIpc) is 3.14. The van der Waals surface area contributed by atoms with Crippen LogP contribution in [0.25, 0.3) is 0 Å². The minimum absolute atomic E-state index is 0. The first-order chi connectivity index (χ1) is 9.69. The molecule has 0 unspecified atom stereocenters. The summed E-state index contributed by atoms with van der Waals surface area (Å²) < 4.78 is 9.49. The number of esters is 2. The molecule has 21 heavy (non-hydrogen) atoms. The summed E-state index contributed by atoms with van der Waals surface area (Å²) in [6.45, 7) is 4.45. The van der Waals surface area contributed by atoms with Gasteiger partial charge in [0.05, 0.1) is 25.0 Å². The Bertz CT molecular complexity index is 265. The molecule has 0 aromatic rings. The van der Waals surface area contributed by atoms with Gasteiger partial charge in [0.15, 0.2) is 0 Å². The van der Waals surface area contributed by atoms with E-state index in [1.165, 1.54) is 0 Å². The van der Waals surface area contributed by atoms with Crippen molar-refractivity contribution >= 4 is 11.9 Å². The Morgan fingerprint density at radius 3 is 1.29 bits per heavy atom. The van der Waals surface area contributed by atoms with Crippen molar-refractivity contribution in [3.8, 4) is 0 Å². The third-order valence-corrected chi connectivity index (χ3v) is 2.35. The first-order valence-corrected chi connectivity index (χ1v) is 6.46. The molecule has 2 aliphatic carbocycles. The zero-order valence-electron chi connectivity index (χ0n) is 12.0. The fourth-order valence-corrected chi connectivity index (χ4v) is 1.45. The molecule has 0 aromatic heterocycles. The summed E-state index contributed by atoms with van der Waals surface area (Å²) in [5.74, 6) is 0.767. The van der Waals surface area contributed by atoms with Crippen molar-refractivity contribution in [2.24, 2.45) is 0 Å². The third kappa shape index (κ3) is 7.87. The molecule has 4 nitrogen and oxygen atoms in total.